The van der Waals surface area contributed by atoms with Gasteiger partial charge in [-0.1, -0.05) is 6.07 Å². The Labute approximate surface area is 198 Å². The maximum absolute atomic E-state index is 14.5. The molecule has 0 aliphatic carbocycles. The molecule has 1 N–H and O–H groups in total. The maximum atomic E-state index is 14.5. The molecule has 0 radical (unpaired) electrons. The highest BCUT2D eigenvalue weighted by molar-refractivity contribution is 5.66. The lowest BCUT2D eigenvalue weighted by molar-refractivity contribution is 0.104. The highest BCUT2D eigenvalue weighted by atomic mass is 19.1. The van der Waals surface area contributed by atoms with Crippen LogP contribution in [0.1, 0.15) is 19.4 Å². The highest BCUT2D eigenvalue weighted by Crippen LogP contribution is 2.34. The molecule has 5 rings (SSSR count). The molecule has 1 aromatic carbocycles. The lowest BCUT2D eigenvalue weighted by Gasteiger charge is -2.36. The van der Waals surface area contributed by atoms with Crippen molar-refractivity contribution in [3.8, 4) is 22.8 Å². The molecule has 0 amide bonds. The first-order valence-electron chi connectivity index (χ1n) is 11.7. The molecule has 9 heteroatoms. The Kier molecular flexibility index (Phi) is 6.55. The summed E-state index contributed by atoms with van der Waals surface area (Å²) in [5.74, 6) is 1.60. The van der Waals surface area contributed by atoms with Crippen molar-refractivity contribution >= 4 is 11.8 Å². The Balaban J connectivity index is 1.24. The number of halogens is 1. The Hall–Kier alpha value is -3.30. The third-order valence-electron chi connectivity index (χ3n) is 6.17. The lowest BCUT2D eigenvalue weighted by Crippen LogP contribution is -2.48. The van der Waals surface area contributed by atoms with Crippen LogP contribution in [0.2, 0.25) is 0 Å². The predicted molar refractivity (Wildman–Crippen MR) is 128 cm³/mol. The van der Waals surface area contributed by atoms with Crippen LogP contribution in [0.3, 0.4) is 0 Å². The number of nitrogens with one attached hydrogen (secondary N) is 1. The molecular formula is C25H29FN6O2. The lowest BCUT2D eigenvalue weighted by atomic mass is 10.1. The summed E-state index contributed by atoms with van der Waals surface area (Å²) in [7, 11) is 0. The molecule has 2 aliphatic rings. The molecule has 0 atom stereocenters. The normalized spacial score (nSPS) is 16.6. The topological polar surface area (TPSA) is 75.6 Å². The first kappa shape index (κ1) is 22.5. The van der Waals surface area contributed by atoms with Crippen LogP contribution in [0.5, 0.6) is 11.5 Å². The van der Waals surface area contributed by atoms with Crippen LogP contribution in [0.25, 0.3) is 11.3 Å². The molecule has 0 spiro atoms. The van der Waals surface area contributed by atoms with Gasteiger partial charge < -0.3 is 14.8 Å². The van der Waals surface area contributed by atoms with Gasteiger partial charge in [0.2, 0.25) is 5.95 Å². The smallest absolute Gasteiger partial charge is 0.229 e. The van der Waals surface area contributed by atoms with Gasteiger partial charge >= 0.3 is 0 Å². The van der Waals surface area contributed by atoms with Crippen molar-refractivity contribution < 1.29 is 13.9 Å². The molecule has 8 nitrogen and oxygen atoms in total. The third kappa shape index (κ3) is 5.10. The van der Waals surface area contributed by atoms with E-state index in [1.807, 2.05) is 12.3 Å². The predicted octanol–water partition coefficient (Wildman–Crippen LogP) is 3.72. The van der Waals surface area contributed by atoms with Gasteiger partial charge in [-0.25, -0.2) is 19.3 Å². The zero-order chi connectivity index (χ0) is 23.5. The number of hydrogen-bond acceptors (Lipinski definition) is 8. The van der Waals surface area contributed by atoms with Gasteiger partial charge in [-0.05, 0) is 43.7 Å². The van der Waals surface area contributed by atoms with Crippen LogP contribution in [-0.4, -0.2) is 70.2 Å². The monoisotopic (exact) mass is 464 g/mol. The van der Waals surface area contributed by atoms with Crippen LogP contribution in [0, 0.1) is 5.82 Å². The van der Waals surface area contributed by atoms with Gasteiger partial charge in [-0.2, -0.15) is 0 Å². The summed E-state index contributed by atoms with van der Waals surface area (Å²) in [5, 5.41) is 3.08. The number of fused-ring (bicyclic) bond motifs is 1. The molecule has 34 heavy (non-hydrogen) atoms. The number of pyridine rings is 1. The number of piperazine rings is 1. The Morgan fingerprint density at radius 3 is 2.50 bits per heavy atom. The molecular weight excluding hydrogens is 435 g/mol. The molecule has 4 heterocycles. The van der Waals surface area contributed by atoms with Crippen molar-refractivity contribution in [2.75, 3.05) is 44.7 Å². The maximum Gasteiger partial charge on any atom is 0.229 e. The van der Waals surface area contributed by atoms with Crippen molar-refractivity contribution in [3.05, 3.63) is 54.1 Å². The molecule has 2 aromatic heterocycles. The first-order chi connectivity index (χ1) is 16.5. The van der Waals surface area contributed by atoms with E-state index in [4.69, 9.17) is 9.47 Å². The summed E-state index contributed by atoms with van der Waals surface area (Å²) < 4.78 is 25.7. The Bertz CT molecular complexity index is 1130. The molecule has 3 aromatic rings. The molecule has 0 saturated carbocycles. The fourth-order valence-corrected chi connectivity index (χ4v) is 4.22. The van der Waals surface area contributed by atoms with E-state index in [1.54, 1.807) is 18.2 Å². The number of aromatic nitrogens is 3. The summed E-state index contributed by atoms with van der Waals surface area (Å²) >= 11 is 0. The van der Waals surface area contributed by atoms with E-state index in [2.05, 4.69) is 50.0 Å². The van der Waals surface area contributed by atoms with Gasteiger partial charge in [-0.3, -0.25) is 9.80 Å². The second kappa shape index (κ2) is 9.90. The van der Waals surface area contributed by atoms with Gasteiger partial charge in [0.25, 0.3) is 0 Å². The summed E-state index contributed by atoms with van der Waals surface area (Å²) in [4.78, 5) is 17.9. The van der Waals surface area contributed by atoms with E-state index in [-0.39, 0.29) is 11.6 Å². The average molecular weight is 465 g/mol. The number of benzene rings is 1. The zero-order valence-electron chi connectivity index (χ0n) is 19.5. The van der Waals surface area contributed by atoms with Crippen molar-refractivity contribution in [2.45, 2.75) is 26.4 Å². The Morgan fingerprint density at radius 1 is 0.971 bits per heavy atom. The fourth-order valence-electron chi connectivity index (χ4n) is 4.22. The number of hydrogen-bond donors (Lipinski definition) is 1. The van der Waals surface area contributed by atoms with E-state index in [0.29, 0.717) is 42.1 Å². The van der Waals surface area contributed by atoms with Gasteiger partial charge in [-0.15, -0.1) is 0 Å². The van der Waals surface area contributed by atoms with Crippen molar-refractivity contribution in [2.24, 2.45) is 0 Å². The largest absolute Gasteiger partial charge is 0.486 e. The highest BCUT2D eigenvalue weighted by Gasteiger charge is 2.19. The fraction of sp³-hybridized carbons (Fsp3) is 0.400. The number of rotatable bonds is 6. The average Bonchev–Trinajstić information content (AvgIpc) is 2.86. The molecule has 1 saturated heterocycles. The van der Waals surface area contributed by atoms with Gasteiger partial charge in [0.05, 0.1) is 6.20 Å². The van der Waals surface area contributed by atoms with E-state index < -0.39 is 5.82 Å². The van der Waals surface area contributed by atoms with E-state index in [0.717, 1.165) is 44.5 Å². The molecule has 178 valence electrons. The molecule has 1 fully saturated rings. The second-order valence-electron chi connectivity index (χ2n) is 8.83. The van der Waals surface area contributed by atoms with Crippen LogP contribution < -0.4 is 14.8 Å². The van der Waals surface area contributed by atoms with Crippen LogP contribution in [0.15, 0.2) is 42.7 Å². The minimum absolute atomic E-state index is 0.187. The van der Waals surface area contributed by atoms with Crippen LogP contribution in [-0.2, 0) is 6.54 Å². The van der Waals surface area contributed by atoms with E-state index in [1.165, 1.54) is 0 Å². The van der Waals surface area contributed by atoms with Crippen molar-refractivity contribution in [3.63, 3.8) is 0 Å². The zero-order valence-corrected chi connectivity index (χ0v) is 19.5. The number of anilines is 2. The third-order valence-corrected chi connectivity index (χ3v) is 6.17. The van der Waals surface area contributed by atoms with E-state index >= 15 is 0 Å². The summed E-state index contributed by atoms with van der Waals surface area (Å²) in [6.45, 7) is 10.6. The van der Waals surface area contributed by atoms with Crippen LogP contribution >= 0.6 is 0 Å². The SMILES string of the molecule is CC(C)N1CCN(Cc2ccc(Nc3ncc(F)c(-c4ccc5c(c4)OCCO5)n3)nc2)CC1. The number of nitrogens with zero attached hydrogens (tertiary/aromatic N) is 5. The first-order valence-corrected chi connectivity index (χ1v) is 11.7. The van der Waals surface area contributed by atoms with Crippen molar-refractivity contribution in [1.29, 1.82) is 0 Å². The summed E-state index contributed by atoms with van der Waals surface area (Å²) in [5.41, 5.74) is 1.93. The van der Waals surface area contributed by atoms with E-state index in [9.17, 15) is 4.39 Å². The van der Waals surface area contributed by atoms with Gasteiger partial charge in [0, 0.05) is 50.5 Å². The van der Waals surface area contributed by atoms with Crippen molar-refractivity contribution in [1.82, 2.24) is 24.8 Å². The number of ether oxygens (including phenoxy) is 2. The minimum Gasteiger partial charge on any atom is -0.486 e. The quantitative estimate of drug-likeness (QED) is 0.592. The molecule has 2 aliphatic heterocycles. The minimum atomic E-state index is -0.511. The molecule has 0 unspecified atom stereocenters. The van der Waals surface area contributed by atoms with Gasteiger partial charge in [0.1, 0.15) is 24.7 Å². The van der Waals surface area contributed by atoms with Crippen LogP contribution in [0.4, 0.5) is 16.2 Å². The second-order valence-corrected chi connectivity index (χ2v) is 8.83. The van der Waals surface area contributed by atoms with Gasteiger partial charge in [0.15, 0.2) is 17.3 Å². The molecule has 0 bridgehead atoms. The standard InChI is InChI=1S/C25H29FN6O2/c1-17(2)32-9-7-31(8-10-32)16-18-3-6-23(27-14-18)29-25-28-15-20(26)24(30-25)19-4-5-21-22(13-19)34-12-11-33-21/h3-6,13-15,17H,7-12,16H2,1-2H3,(H,27,28,29,30). The summed E-state index contributed by atoms with van der Waals surface area (Å²) in [6, 6.07) is 9.81. The Morgan fingerprint density at radius 2 is 1.76 bits per heavy atom. The summed E-state index contributed by atoms with van der Waals surface area (Å²) in [6.07, 6.45) is 3.02.